The lowest BCUT2D eigenvalue weighted by Crippen LogP contribution is -2.05. The molecule has 3 nitrogen and oxygen atoms in total. The van der Waals surface area contributed by atoms with Gasteiger partial charge in [-0.05, 0) is 18.9 Å². The minimum Gasteiger partial charge on any atom is -0.370 e. The molecular weight excluding hydrogens is 278 g/mol. The molecule has 2 rings (SSSR count). The summed E-state index contributed by atoms with van der Waals surface area (Å²) in [6.45, 7) is 5.22. The summed E-state index contributed by atoms with van der Waals surface area (Å²) in [5.41, 5.74) is 1.08. The highest BCUT2D eigenvalue weighted by atomic mass is 35.5. The van der Waals surface area contributed by atoms with Crippen LogP contribution in [0.3, 0.4) is 0 Å². The monoisotopic (exact) mass is 295 g/mol. The molecule has 2 aromatic rings. The van der Waals surface area contributed by atoms with Crippen LogP contribution in [0.1, 0.15) is 32.4 Å². The lowest BCUT2D eigenvalue weighted by atomic mass is 10.2. The van der Waals surface area contributed by atoms with E-state index in [1.54, 1.807) is 11.3 Å². The first-order valence-corrected chi connectivity index (χ1v) is 7.85. The number of rotatable bonds is 6. The maximum Gasteiger partial charge on any atom is 0.171 e. The molecular formula is C14H18ClN3S. The highest BCUT2D eigenvalue weighted by Crippen LogP contribution is 2.28. The number of aromatic nitrogens is 2. The summed E-state index contributed by atoms with van der Waals surface area (Å²) in [7, 11) is 0. The molecule has 1 N–H and O–H groups in total. The average molecular weight is 296 g/mol. The summed E-state index contributed by atoms with van der Waals surface area (Å²) in [5.74, 6) is 1.67. The van der Waals surface area contributed by atoms with Crippen LogP contribution in [0.4, 0.5) is 5.82 Å². The fraction of sp³-hybridized carbons (Fsp3) is 0.429. The molecule has 0 aromatic carbocycles. The third-order valence-corrected chi connectivity index (χ3v) is 3.90. The smallest absolute Gasteiger partial charge is 0.171 e. The highest BCUT2D eigenvalue weighted by Gasteiger charge is 2.08. The van der Waals surface area contributed by atoms with Crippen molar-refractivity contribution >= 4 is 28.8 Å². The van der Waals surface area contributed by atoms with Crippen LogP contribution in [0, 0.1) is 0 Å². The molecule has 0 bridgehead atoms. The maximum atomic E-state index is 5.97. The van der Waals surface area contributed by atoms with Gasteiger partial charge in [-0.1, -0.05) is 31.9 Å². The average Bonchev–Trinajstić information content (AvgIpc) is 2.83. The quantitative estimate of drug-likeness (QED) is 0.844. The van der Waals surface area contributed by atoms with E-state index < -0.39 is 0 Å². The van der Waals surface area contributed by atoms with Gasteiger partial charge in [-0.25, -0.2) is 9.97 Å². The second-order valence-corrected chi connectivity index (χ2v) is 5.72. The van der Waals surface area contributed by atoms with Crippen LogP contribution in [0.25, 0.3) is 10.7 Å². The minimum atomic E-state index is 0.743. The van der Waals surface area contributed by atoms with E-state index in [-0.39, 0.29) is 0 Å². The molecule has 0 radical (unpaired) electrons. The van der Waals surface area contributed by atoms with E-state index in [0.717, 1.165) is 53.0 Å². The summed E-state index contributed by atoms with van der Waals surface area (Å²) in [4.78, 5) is 10.2. The first kappa shape index (κ1) is 14.3. The lowest BCUT2D eigenvalue weighted by molar-refractivity contribution is 0.873. The molecule has 0 atom stereocenters. The van der Waals surface area contributed by atoms with Crippen LogP contribution in [-0.2, 0) is 6.42 Å². The number of nitrogens with one attached hydrogen (secondary N) is 1. The van der Waals surface area contributed by atoms with E-state index in [0.29, 0.717) is 0 Å². The van der Waals surface area contributed by atoms with Gasteiger partial charge < -0.3 is 5.32 Å². The molecule has 0 amide bonds. The number of hydrogen-bond donors (Lipinski definition) is 1. The largest absolute Gasteiger partial charge is 0.370 e. The molecule has 0 unspecified atom stereocenters. The van der Waals surface area contributed by atoms with E-state index in [4.69, 9.17) is 11.6 Å². The van der Waals surface area contributed by atoms with Gasteiger partial charge in [0.25, 0.3) is 0 Å². The zero-order chi connectivity index (χ0) is 13.7. The van der Waals surface area contributed by atoms with Crippen molar-refractivity contribution in [2.75, 3.05) is 11.9 Å². The Hall–Kier alpha value is -1.13. The van der Waals surface area contributed by atoms with Crippen LogP contribution in [0.2, 0.25) is 5.02 Å². The summed E-state index contributed by atoms with van der Waals surface area (Å²) in [6.07, 6.45) is 3.12. The van der Waals surface area contributed by atoms with Crippen molar-refractivity contribution in [2.24, 2.45) is 0 Å². The zero-order valence-corrected chi connectivity index (χ0v) is 12.8. The van der Waals surface area contributed by atoms with Crippen molar-refractivity contribution < 1.29 is 0 Å². The molecule has 5 heteroatoms. The van der Waals surface area contributed by atoms with Crippen LogP contribution >= 0.6 is 22.9 Å². The van der Waals surface area contributed by atoms with E-state index in [2.05, 4.69) is 29.1 Å². The molecule has 102 valence electrons. The Morgan fingerprint density at radius 2 is 2.05 bits per heavy atom. The normalized spacial score (nSPS) is 10.7. The third-order valence-electron chi connectivity index (χ3n) is 2.63. The van der Waals surface area contributed by atoms with Gasteiger partial charge in [0.15, 0.2) is 5.82 Å². The minimum absolute atomic E-state index is 0.743. The molecule has 0 fully saturated rings. The van der Waals surface area contributed by atoms with E-state index in [1.807, 2.05) is 17.5 Å². The predicted octanol–water partition coefficient (Wildman–Crippen LogP) is 4.63. The van der Waals surface area contributed by atoms with E-state index in [9.17, 15) is 0 Å². The van der Waals surface area contributed by atoms with Gasteiger partial charge >= 0.3 is 0 Å². The molecule has 19 heavy (non-hydrogen) atoms. The standard InChI is InChI=1S/C14H18ClN3S/c1-3-5-11-8-13(16-6-4-2)18-14(17-11)12-7-10(15)9-19-12/h7-9H,3-6H2,1-2H3,(H,16,17,18). The Morgan fingerprint density at radius 1 is 1.21 bits per heavy atom. The molecule has 0 aliphatic rings. The number of aryl methyl sites for hydroxylation is 1. The number of anilines is 1. The van der Waals surface area contributed by atoms with Gasteiger partial charge in [0.2, 0.25) is 0 Å². The number of thiophene rings is 1. The Kier molecular flexibility index (Phi) is 5.16. The molecule has 0 aliphatic heterocycles. The summed E-state index contributed by atoms with van der Waals surface area (Å²) in [5, 5.41) is 5.98. The first-order valence-electron chi connectivity index (χ1n) is 6.59. The van der Waals surface area contributed by atoms with Gasteiger partial charge in [-0.3, -0.25) is 0 Å². The zero-order valence-electron chi connectivity index (χ0n) is 11.2. The van der Waals surface area contributed by atoms with Crippen molar-refractivity contribution in [1.82, 2.24) is 9.97 Å². The Bertz CT molecular complexity index is 539. The summed E-state index contributed by atoms with van der Waals surface area (Å²) < 4.78 is 0. The SMILES string of the molecule is CCCNc1cc(CCC)nc(-c2cc(Cl)cs2)n1. The topological polar surface area (TPSA) is 37.8 Å². The molecule has 2 aromatic heterocycles. The Balaban J connectivity index is 2.33. The van der Waals surface area contributed by atoms with Crippen LogP contribution in [0.15, 0.2) is 17.5 Å². The maximum absolute atomic E-state index is 5.97. The van der Waals surface area contributed by atoms with E-state index >= 15 is 0 Å². The van der Waals surface area contributed by atoms with Crippen molar-refractivity contribution in [3.8, 4) is 10.7 Å². The summed E-state index contributed by atoms with van der Waals surface area (Å²) in [6, 6.07) is 3.96. The number of halogens is 1. The van der Waals surface area contributed by atoms with Crippen LogP contribution in [0.5, 0.6) is 0 Å². The van der Waals surface area contributed by atoms with Crippen molar-refractivity contribution in [1.29, 1.82) is 0 Å². The first-order chi connectivity index (χ1) is 9.22. The second-order valence-electron chi connectivity index (χ2n) is 4.37. The van der Waals surface area contributed by atoms with Crippen LogP contribution < -0.4 is 5.32 Å². The Morgan fingerprint density at radius 3 is 2.68 bits per heavy atom. The molecule has 0 saturated carbocycles. The fourth-order valence-electron chi connectivity index (χ4n) is 1.77. The van der Waals surface area contributed by atoms with E-state index in [1.165, 1.54) is 0 Å². The lowest BCUT2D eigenvalue weighted by Gasteiger charge is -2.08. The second kappa shape index (κ2) is 6.87. The molecule has 0 saturated heterocycles. The predicted molar refractivity (Wildman–Crippen MR) is 83.1 cm³/mol. The molecule has 2 heterocycles. The van der Waals surface area contributed by atoms with Crippen molar-refractivity contribution in [3.05, 3.63) is 28.2 Å². The fourth-order valence-corrected chi connectivity index (χ4v) is 2.77. The van der Waals surface area contributed by atoms with Gasteiger partial charge in [0, 0.05) is 23.7 Å². The molecule has 0 aliphatic carbocycles. The van der Waals surface area contributed by atoms with Gasteiger partial charge in [-0.2, -0.15) is 0 Å². The van der Waals surface area contributed by atoms with Gasteiger partial charge in [0.1, 0.15) is 5.82 Å². The van der Waals surface area contributed by atoms with Crippen molar-refractivity contribution in [2.45, 2.75) is 33.1 Å². The summed E-state index contributed by atoms with van der Waals surface area (Å²) >= 11 is 7.55. The van der Waals surface area contributed by atoms with Gasteiger partial charge in [-0.15, -0.1) is 11.3 Å². The highest BCUT2D eigenvalue weighted by molar-refractivity contribution is 7.14. The third kappa shape index (κ3) is 3.91. The van der Waals surface area contributed by atoms with Gasteiger partial charge in [0.05, 0.1) is 9.90 Å². The van der Waals surface area contributed by atoms with Crippen LogP contribution in [-0.4, -0.2) is 16.5 Å². The van der Waals surface area contributed by atoms with Crippen molar-refractivity contribution in [3.63, 3.8) is 0 Å². The Labute approximate surface area is 123 Å². The number of hydrogen-bond acceptors (Lipinski definition) is 4. The number of nitrogens with zero attached hydrogens (tertiary/aromatic N) is 2. The molecule has 0 spiro atoms.